The molecule has 5 heteroatoms. The molecular weight excluding hydrogens is 240 g/mol. The van der Waals surface area contributed by atoms with Gasteiger partial charge in [-0.2, -0.15) is 8.78 Å². The standard InChI is InChI=1S/C13H17F2NO2/c14-13(15)18-11-3-1-2-9(8-11)12(16)6-7-17-10-4-5-10/h1-3,8,10,12-13H,4-7,16H2/t12-/m0/s1. The lowest BCUT2D eigenvalue weighted by Crippen LogP contribution is -2.14. The zero-order valence-corrected chi connectivity index (χ0v) is 10.0. The molecule has 3 nitrogen and oxygen atoms in total. The normalized spacial score (nSPS) is 16.9. The highest BCUT2D eigenvalue weighted by atomic mass is 19.3. The van der Waals surface area contributed by atoms with E-state index in [1.165, 1.54) is 6.07 Å². The van der Waals surface area contributed by atoms with Gasteiger partial charge in [0.1, 0.15) is 5.75 Å². The predicted molar refractivity (Wildman–Crippen MR) is 63.6 cm³/mol. The summed E-state index contributed by atoms with van der Waals surface area (Å²) in [6.45, 7) is -2.21. The van der Waals surface area contributed by atoms with Gasteiger partial charge in [-0.3, -0.25) is 0 Å². The lowest BCUT2D eigenvalue weighted by atomic mass is 10.1. The molecule has 2 N–H and O–H groups in total. The van der Waals surface area contributed by atoms with Crippen molar-refractivity contribution in [2.45, 2.75) is 38.0 Å². The first-order chi connectivity index (χ1) is 8.65. The van der Waals surface area contributed by atoms with Crippen LogP contribution in [-0.2, 0) is 4.74 Å². The molecule has 18 heavy (non-hydrogen) atoms. The minimum atomic E-state index is -2.81. The van der Waals surface area contributed by atoms with Crippen LogP contribution in [0.2, 0.25) is 0 Å². The van der Waals surface area contributed by atoms with Gasteiger partial charge in [0, 0.05) is 12.6 Å². The molecule has 1 aromatic rings. The molecule has 0 bridgehead atoms. The maximum absolute atomic E-state index is 12.1. The summed E-state index contributed by atoms with van der Waals surface area (Å²) < 4.78 is 34.0. The van der Waals surface area contributed by atoms with Gasteiger partial charge in [0.15, 0.2) is 0 Å². The van der Waals surface area contributed by atoms with E-state index in [4.69, 9.17) is 10.5 Å². The topological polar surface area (TPSA) is 44.5 Å². The summed E-state index contributed by atoms with van der Waals surface area (Å²) in [5.74, 6) is 0.140. The van der Waals surface area contributed by atoms with Crippen LogP contribution < -0.4 is 10.5 Å². The second-order valence-corrected chi connectivity index (χ2v) is 4.42. The molecule has 1 saturated carbocycles. The highest BCUT2D eigenvalue weighted by Crippen LogP contribution is 2.25. The number of hydrogen-bond donors (Lipinski definition) is 1. The summed E-state index contributed by atoms with van der Waals surface area (Å²) in [4.78, 5) is 0. The summed E-state index contributed by atoms with van der Waals surface area (Å²) in [7, 11) is 0. The van der Waals surface area contributed by atoms with Crippen LogP contribution in [0, 0.1) is 0 Å². The Labute approximate surface area is 105 Å². The molecule has 0 heterocycles. The summed E-state index contributed by atoms with van der Waals surface area (Å²) in [5.41, 5.74) is 6.76. The lowest BCUT2D eigenvalue weighted by molar-refractivity contribution is -0.0499. The van der Waals surface area contributed by atoms with E-state index in [1.54, 1.807) is 18.2 Å². The molecular formula is C13H17F2NO2. The van der Waals surface area contributed by atoms with Crippen LogP contribution >= 0.6 is 0 Å². The Bertz CT molecular complexity index is 383. The van der Waals surface area contributed by atoms with E-state index in [1.807, 2.05) is 0 Å². The molecule has 0 radical (unpaired) electrons. The minimum absolute atomic E-state index is 0.140. The fraction of sp³-hybridized carbons (Fsp3) is 0.538. The number of rotatable bonds is 7. The highest BCUT2D eigenvalue weighted by molar-refractivity contribution is 5.30. The van der Waals surface area contributed by atoms with Gasteiger partial charge < -0.3 is 15.2 Å². The van der Waals surface area contributed by atoms with E-state index in [-0.39, 0.29) is 11.8 Å². The Hall–Kier alpha value is -1.20. The third-order valence-corrected chi connectivity index (χ3v) is 2.82. The number of ether oxygens (including phenoxy) is 2. The highest BCUT2D eigenvalue weighted by Gasteiger charge is 2.22. The molecule has 0 amide bonds. The zero-order chi connectivity index (χ0) is 13.0. The van der Waals surface area contributed by atoms with Crippen molar-refractivity contribution in [3.05, 3.63) is 29.8 Å². The number of alkyl halides is 2. The van der Waals surface area contributed by atoms with E-state index in [0.29, 0.717) is 19.1 Å². The van der Waals surface area contributed by atoms with E-state index in [2.05, 4.69) is 4.74 Å². The van der Waals surface area contributed by atoms with Gasteiger partial charge in [-0.25, -0.2) is 0 Å². The van der Waals surface area contributed by atoms with Gasteiger partial charge in [-0.1, -0.05) is 12.1 Å². The Kier molecular flexibility index (Phi) is 4.49. The third kappa shape index (κ3) is 4.23. The quantitative estimate of drug-likeness (QED) is 0.816. The lowest BCUT2D eigenvalue weighted by Gasteiger charge is -2.13. The molecule has 2 rings (SSSR count). The van der Waals surface area contributed by atoms with Crippen molar-refractivity contribution >= 4 is 0 Å². The van der Waals surface area contributed by atoms with Crippen molar-refractivity contribution in [1.82, 2.24) is 0 Å². The largest absolute Gasteiger partial charge is 0.435 e. The summed E-state index contributed by atoms with van der Waals surface area (Å²) in [6, 6.07) is 6.29. The fourth-order valence-electron chi connectivity index (χ4n) is 1.68. The summed E-state index contributed by atoms with van der Waals surface area (Å²) in [5, 5.41) is 0. The van der Waals surface area contributed by atoms with Crippen LogP contribution in [-0.4, -0.2) is 19.3 Å². The van der Waals surface area contributed by atoms with E-state index >= 15 is 0 Å². The molecule has 1 aliphatic rings. The van der Waals surface area contributed by atoms with Crippen molar-refractivity contribution in [2.75, 3.05) is 6.61 Å². The molecule has 1 aliphatic carbocycles. The van der Waals surface area contributed by atoms with Crippen molar-refractivity contribution in [2.24, 2.45) is 5.73 Å². The van der Waals surface area contributed by atoms with Crippen molar-refractivity contribution in [1.29, 1.82) is 0 Å². The Morgan fingerprint density at radius 2 is 2.11 bits per heavy atom. The SMILES string of the molecule is N[C@@H](CCOC1CC1)c1cccc(OC(F)F)c1. The third-order valence-electron chi connectivity index (χ3n) is 2.82. The molecule has 1 atom stereocenters. The van der Waals surface area contributed by atoms with Gasteiger partial charge in [0.05, 0.1) is 6.10 Å². The van der Waals surface area contributed by atoms with Gasteiger partial charge >= 0.3 is 6.61 Å². The molecule has 0 aliphatic heterocycles. The first-order valence-electron chi connectivity index (χ1n) is 6.07. The average Bonchev–Trinajstić information content (AvgIpc) is 3.12. The Morgan fingerprint density at radius 1 is 1.33 bits per heavy atom. The van der Waals surface area contributed by atoms with E-state index in [0.717, 1.165) is 18.4 Å². The van der Waals surface area contributed by atoms with Crippen molar-refractivity contribution in [3.8, 4) is 5.75 Å². The Morgan fingerprint density at radius 3 is 2.78 bits per heavy atom. The zero-order valence-electron chi connectivity index (χ0n) is 10.0. The van der Waals surface area contributed by atoms with Gasteiger partial charge in [0.2, 0.25) is 0 Å². The van der Waals surface area contributed by atoms with Gasteiger partial charge in [-0.05, 0) is 37.0 Å². The average molecular weight is 257 g/mol. The van der Waals surface area contributed by atoms with Crippen LogP contribution in [0.5, 0.6) is 5.75 Å². The van der Waals surface area contributed by atoms with Crippen LogP contribution in [0.1, 0.15) is 30.9 Å². The van der Waals surface area contributed by atoms with Crippen LogP contribution in [0.3, 0.4) is 0 Å². The molecule has 0 unspecified atom stereocenters. The number of nitrogens with two attached hydrogens (primary N) is 1. The molecule has 1 fully saturated rings. The number of halogens is 2. The number of hydrogen-bond acceptors (Lipinski definition) is 3. The summed E-state index contributed by atoms with van der Waals surface area (Å²) in [6.07, 6.45) is 3.35. The van der Waals surface area contributed by atoms with Crippen LogP contribution in [0.4, 0.5) is 8.78 Å². The Balaban J connectivity index is 1.85. The second-order valence-electron chi connectivity index (χ2n) is 4.42. The fourth-order valence-corrected chi connectivity index (χ4v) is 1.68. The maximum atomic E-state index is 12.1. The summed E-state index contributed by atoms with van der Waals surface area (Å²) >= 11 is 0. The molecule has 0 saturated heterocycles. The maximum Gasteiger partial charge on any atom is 0.387 e. The van der Waals surface area contributed by atoms with Gasteiger partial charge in [0.25, 0.3) is 0 Å². The minimum Gasteiger partial charge on any atom is -0.435 e. The second kappa shape index (κ2) is 6.11. The first kappa shape index (κ1) is 13.2. The molecule has 0 aromatic heterocycles. The van der Waals surface area contributed by atoms with Crippen molar-refractivity contribution < 1.29 is 18.3 Å². The molecule has 1 aromatic carbocycles. The van der Waals surface area contributed by atoms with E-state index < -0.39 is 6.61 Å². The smallest absolute Gasteiger partial charge is 0.387 e. The number of benzene rings is 1. The molecule has 100 valence electrons. The first-order valence-corrected chi connectivity index (χ1v) is 6.07. The van der Waals surface area contributed by atoms with E-state index in [9.17, 15) is 8.78 Å². The monoisotopic (exact) mass is 257 g/mol. The molecule has 0 spiro atoms. The van der Waals surface area contributed by atoms with Gasteiger partial charge in [-0.15, -0.1) is 0 Å². The predicted octanol–water partition coefficient (Wildman–Crippen LogP) is 2.86. The van der Waals surface area contributed by atoms with Crippen LogP contribution in [0.15, 0.2) is 24.3 Å². The van der Waals surface area contributed by atoms with Crippen molar-refractivity contribution in [3.63, 3.8) is 0 Å². The van der Waals surface area contributed by atoms with Crippen LogP contribution in [0.25, 0.3) is 0 Å².